The Morgan fingerprint density at radius 1 is 1.28 bits per heavy atom. The maximum atomic E-state index is 13.2. The highest BCUT2D eigenvalue weighted by atomic mass is 127. The van der Waals surface area contributed by atoms with E-state index >= 15 is 0 Å². The van der Waals surface area contributed by atoms with E-state index in [1.54, 1.807) is 0 Å². The number of unbranched alkanes of at least 4 members (excludes halogenated alkanes) is 2. The standard InChI is InChI=1S/C24H30INO3/c1-5-6-7-11-29-23(28)20-15(2)26-18-13-24(3,4)14-19(27)22(18)21(20)16-9-8-10-17(25)12-16/h8-10,12,20-21H,5-7,11,13-14H2,1-4H3/t20?,21-/m1/s1. The Morgan fingerprint density at radius 3 is 2.72 bits per heavy atom. The van der Waals surface area contributed by atoms with Gasteiger partial charge in [-0.05, 0) is 65.5 Å². The first-order chi connectivity index (χ1) is 13.7. The van der Waals surface area contributed by atoms with Gasteiger partial charge in [0.15, 0.2) is 5.78 Å². The summed E-state index contributed by atoms with van der Waals surface area (Å²) >= 11 is 2.27. The third-order valence-corrected chi connectivity index (χ3v) is 6.43. The van der Waals surface area contributed by atoms with Gasteiger partial charge >= 0.3 is 5.97 Å². The molecule has 0 aromatic heterocycles. The third kappa shape index (κ3) is 4.98. The van der Waals surface area contributed by atoms with Crippen LogP contribution in [-0.4, -0.2) is 24.1 Å². The summed E-state index contributed by atoms with van der Waals surface area (Å²) < 4.78 is 6.72. The van der Waals surface area contributed by atoms with E-state index in [0.29, 0.717) is 18.6 Å². The maximum Gasteiger partial charge on any atom is 0.315 e. The largest absolute Gasteiger partial charge is 0.465 e. The van der Waals surface area contributed by atoms with Crippen LogP contribution in [0.4, 0.5) is 0 Å². The average molecular weight is 507 g/mol. The van der Waals surface area contributed by atoms with Crippen LogP contribution in [0.3, 0.4) is 0 Å². The molecule has 0 amide bonds. The lowest BCUT2D eigenvalue weighted by molar-refractivity contribution is -0.146. The molecule has 0 saturated heterocycles. The Morgan fingerprint density at radius 2 is 2.03 bits per heavy atom. The monoisotopic (exact) mass is 507 g/mol. The minimum absolute atomic E-state index is 0.108. The molecule has 1 aliphatic carbocycles. The van der Waals surface area contributed by atoms with Crippen LogP contribution < -0.4 is 0 Å². The van der Waals surface area contributed by atoms with Gasteiger partial charge in [-0.15, -0.1) is 0 Å². The van der Waals surface area contributed by atoms with E-state index in [9.17, 15) is 9.59 Å². The number of carbonyl (C=O) groups is 2. The Balaban J connectivity index is 2.02. The minimum atomic E-state index is -0.543. The lowest BCUT2D eigenvalue weighted by atomic mass is 9.67. The molecule has 156 valence electrons. The number of rotatable bonds is 6. The summed E-state index contributed by atoms with van der Waals surface area (Å²) in [5.74, 6) is -1.02. The molecule has 1 unspecified atom stereocenters. The normalized spacial score (nSPS) is 23.5. The second-order valence-electron chi connectivity index (χ2n) is 8.94. The predicted octanol–water partition coefficient (Wildman–Crippen LogP) is 5.84. The number of benzene rings is 1. The Labute approximate surface area is 187 Å². The fourth-order valence-electron chi connectivity index (χ4n) is 4.43. The van der Waals surface area contributed by atoms with Crippen molar-refractivity contribution in [3.05, 3.63) is 44.7 Å². The van der Waals surface area contributed by atoms with Crippen LogP contribution in [-0.2, 0) is 14.3 Å². The summed E-state index contributed by atoms with van der Waals surface area (Å²) in [6, 6.07) is 8.09. The molecule has 0 bridgehead atoms. The number of Topliss-reactive ketones (excluding diaryl/α,β-unsaturated/α-hetero) is 1. The van der Waals surface area contributed by atoms with Gasteiger partial charge in [-0.3, -0.25) is 14.6 Å². The summed E-state index contributed by atoms with van der Waals surface area (Å²) in [7, 11) is 0. The van der Waals surface area contributed by atoms with E-state index in [2.05, 4.69) is 49.4 Å². The summed E-state index contributed by atoms with van der Waals surface area (Å²) in [6.45, 7) is 8.65. The van der Waals surface area contributed by atoms with Crippen LogP contribution in [0.5, 0.6) is 0 Å². The lowest BCUT2D eigenvalue weighted by Crippen LogP contribution is -2.39. The Bertz CT molecular complexity index is 869. The van der Waals surface area contributed by atoms with E-state index in [0.717, 1.165) is 46.2 Å². The van der Waals surface area contributed by atoms with Crippen LogP contribution in [0, 0.1) is 14.9 Å². The molecule has 4 nitrogen and oxygen atoms in total. The Kier molecular flexibility index (Phi) is 6.97. The van der Waals surface area contributed by atoms with Gasteiger partial charge in [0.05, 0.1) is 6.61 Å². The zero-order valence-corrected chi connectivity index (χ0v) is 19.9. The quantitative estimate of drug-likeness (QED) is 0.276. The molecule has 0 saturated carbocycles. The molecule has 5 heteroatoms. The second kappa shape index (κ2) is 9.11. The number of hydrogen-bond donors (Lipinski definition) is 0. The van der Waals surface area contributed by atoms with E-state index in [1.807, 2.05) is 25.1 Å². The van der Waals surface area contributed by atoms with Crippen LogP contribution in [0.15, 0.2) is 40.5 Å². The molecular formula is C24H30INO3. The maximum absolute atomic E-state index is 13.2. The zero-order chi connectivity index (χ0) is 21.2. The minimum Gasteiger partial charge on any atom is -0.465 e. The number of halogens is 1. The summed E-state index contributed by atoms with van der Waals surface area (Å²) in [5, 5.41) is 0. The van der Waals surface area contributed by atoms with Crippen LogP contribution in [0.1, 0.15) is 71.3 Å². The molecule has 0 fully saturated rings. The molecule has 0 spiro atoms. The van der Waals surface area contributed by atoms with Crippen molar-refractivity contribution < 1.29 is 14.3 Å². The van der Waals surface area contributed by atoms with Crippen molar-refractivity contribution in [3.8, 4) is 0 Å². The first kappa shape index (κ1) is 22.2. The van der Waals surface area contributed by atoms with Crippen LogP contribution >= 0.6 is 22.6 Å². The molecule has 1 aliphatic heterocycles. The number of esters is 1. The number of allylic oxidation sites excluding steroid dienone is 2. The van der Waals surface area contributed by atoms with Crippen molar-refractivity contribution >= 4 is 40.1 Å². The average Bonchev–Trinajstić information content (AvgIpc) is 2.63. The van der Waals surface area contributed by atoms with Crippen molar-refractivity contribution in [2.75, 3.05) is 6.61 Å². The number of aliphatic imine (C=N–C) groups is 1. The lowest BCUT2D eigenvalue weighted by Gasteiger charge is -2.39. The molecule has 29 heavy (non-hydrogen) atoms. The van der Waals surface area contributed by atoms with Gasteiger partial charge in [0, 0.05) is 32.9 Å². The molecular weight excluding hydrogens is 477 g/mol. The van der Waals surface area contributed by atoms with Gasteiger partial charge in [-0.25, -0.2) is 0 Å². The van der Waals surface area contributed by atoms with Gasteiger partial charge in [-0.2, -0.15) is 0 Å². The van der Waals surface area contributed by atoms with Gasteiger partial charge in [0.25, 0.3) is 0 Å². The highest BCUT2D eigenvalue weighted by Gasteiger charge is 2.46. The first-order valence-corrected chi connectivity index (χ1v) is 11.5. The third-order valence-electron chi connectivity index (χ3n) is 5.76. The fourth-order valence-corrected chi connectivity index (χ4v) is 4.99. The van der Waals surface area contributed by atoms with Gasteiger partial charge in [0.2, 0.25) is 0 Å². The first-order valence-electron chi connectivity index (χ1n) is 10.5. The second-order valence-corrected chi connectivity index (χ2v) is 10.2. The topological polar surface area (TPSA) is 55.7 Å². The number of ether oxygens (including phenoxy) is 1. The number of carbonyl (C=O) groups excluding carboxylic acids is 2. The molecule has 0 N–H and O–H groups in total. The van der Waals surface area contributed by atoms with Crippen molar-refractivity contribution in [2.45, 2.75) is 65.7 Å². The van der Waals surface area contributed by atoms with Crippen molar-refractivity contribution in [2.24, 2.45) is 16.3 Å². The Hall–Kier alpha value is -1.50. The molecule has 3 rings (SSSR count). The zero-order valence-electron chi connectivity index (χ0n) is 17.8. The molecule has 1 aromatic rings. The summed E-state index contributed by atoms with van der Waals surface area (Å²) in [5.41, 5.74) is 3.19. The fraction of sp³-hybridized carbons (Fsp3) is 0.542. The SMILES string of the molecule is CCCCCOC(=O)C1C(C)=NC2=C(C(=O)CC(C)(C)C2)[C@@H]1c1cccc(I)c1. The molecule has 1 aromatic carbocycles. The van der Waals surface area contributed by atoms with Crippen molar-refractivity contribution in [1.82, 2.24) is 0 Å². The summed E-state index contributed by atoms with van der Waals surface area (Å²) in [6.07, 6.45) is 4.21. The molecule has 2 aliphatic rings. The predicted molar refractivity (Wildman–Crippen MR) is 124 cm³/mol. The highest BCUT2D eigenvalue weighted by Crippen LogP contribution is 2.48. The van der Waals surface area contributed by atoms with E-state index in [1.165, 1.54) is 0 Å². The van der Waals surface area contributed by atoms with Gasteiger partial charge in [0.1, 0.15) is 5.92 Å². The van der Waals surface area contributed by atoms with Gasteiger partial charge < -0.3 is 4.74 Å². The van der Waals surface area contributed by atoms with Crippen LogP contribution in [0.25, 0.3) is 0 Å². The highest BCUT2D eigenvalue weighted by molar-refractivity contribution is 14.1. The number of hydrogen-bond acceptors (Lipinski definition) is 4. The smallest absolute Gasteiger partial charge is 0.315 e. The van der Waals surface area contributed by atoms with E-state index < -0.39 is 5.92 Å². The van der Waals surface area contributed by atoms with Crippen LogP contribution in [0.2, 0.25) is 0 Å². The van der Waals surface area contributed by atoms with E-state index in [4.69, 9.17) is 9.73 Å². The molecule has 1 heterocycles. The number of ketones is 1. The number of nitrogens with zero attached hydrogens (tertiary/aromatic N) is 1. The van der Waals surface area contributed by atoms with Gasteiger partial charge in [-0.1, -0.05) is 45.7 Å². The van der Waals surface area contributed by atoms with E-state index in [-0.39, 0.29) is 23.1 Å². The molecule has 2 atom stereocenters. The molecule has 0 radical (unpaired) electrons. The summed E-state index contributed by atoms with van der Waals surface area (Å²) in [4.78, 5) is 31.1. The van der Waals surface area contributed by atoms with Crippen molar-refractivity contribution in [3.63, 3.8) is 0 Å². The van der Waals surface area contributed by atoms with Crippen molar-refractivity contribution in [1.29, 1.82) is 0 Å².